The first-order valence-electron chi connectivity index (χ1n) is 8.85. The van der Waals surface area contributed by atoms with Gasteiger partial charge in [0.2, 0.25) is 5.95 Å². The molecule has 0 amide bonds. The summed E-state index contributed by atoms with van der Waals surface area (Å²) in [6.45, 7) is 1.60. The maximum absolute atomic E-state index is 5.70. The average Bonchev–Trinajstić information content (AvgIpc) is 3.20. The Labute approximate surface area is 152 Å². The number of hydrogen-bond donors (Lipinski definition) is 2. The van der Waals surface area contributed by atoms with Gasteiger partial charge in [-0.2, -0.15) is 4.98 Å². The second kappa shape index (κ2) is 7.58. The van der Waals surface area contributed by atoms with Crippen LogP contribution in [-0.4, -0.2) is 36.3 Å². The molecule has 1 saturated heterocycles. The Morgan fingerprint density at radius 1 is 1.15 bits per heavy atom. The fraction of sp³-hybridized carbons (Fsp3) is 0.300. The SMILES string of the molecule is COc1cccc(Nc2nc(NC[C@@H]3CCCO3)c3ccccc3n2)c1. The Bertz CT molecular complexity index is 894. The standard InChI is InChI=1S/C20H22N4O2/c1-25-15-7-4-6-14(12-15)22-20-23-18-10-3-2-9-17(18)19(24-20)21-13-16-8-5-11-26-16/h2-4,6-7,9-10,12,16H,5,8,11,13H2,1H3,(H2,21,22,23,24)/t16-/m0/s1. The molecule has 1 aliphatic rings. The minimum absolute atomic E-state index is 0.249. The highest BCUT2D eigenvalue weighted by molar-refractivity contribution is 5.90. The van der Waals surface area contributed by atoms with Crippen LogP contribution in [0.1, 0.15) is 12.8 Å². The van der Waals surface area contributed by atoms with Crippen LogP contribution in [-0.2, 0) is 4.74 Å². The van der Waals surface area contributed by atoms with E-state index in [2.05, 4.69) is 20.6 Å². The van der Waals surface area contributed by atoms with E-state index < -0.39 is 0 Å². The molecular weight excluding hydrogens is 328 g/mol. The van der Waals surface area contributed by atoms with E-state index in [9.17, 15) is 0 Å². The Hall–Kier alpha value is -2.86. The van der Waals surface area contributed by atoms with Crippen molar-refractivity contribution in [2.75, 3.05) is 30.9 Å². The summed E-state index contributed by atoms with van der Waals surface area (Å²) in [7, 11) is 1.65. The molecule has 3 aromatic rings. The van der Waals surface area contributed by atoms with Crippen molar-refractivity contribution in [2.24, 2.45) is 0 Å². The van der Waals surface area contributed by atoms with Crippen LogP contribution in [0, 0.1) is 0 Å². The maximum atomic E-state index is 5.70. The maximum Gasteiger partial charge on any atom is 0.229 e. The van der Waals surface area contributed by atoms with E-state index in [0.717, 1.165) is 54.2 Å². The molecule has 0 bridgehead atoms. The zero-order chi connectivity index (χ0) is 17.8. The highest BCUT2D eigenvalue weighted by Crippen LogP contribution is 2.25. The average molecular weight is 350 g/mol. The summed E-state index contributed by atoms with van der Waals surface area (Å²) in [4.78, 5) is 9.32. The van der Waals surface area contributed by atoms with Gasteiger partial charge in [0.15, 0.2) is 0 Å². The number of fused-ring (bicyclic) bond motifs is 1. The summed E-state index contributed by atoms with van der Waals surface area (Å²) in [5.41, 5.74) is 1.77. The van der Waals surface area contributed by atoms with Gasteiger partial charge >= 0.3 is 0 Å². The van der Waals surface area contributed by atoms with E-state index in [1.165, 1.54) is 0 Å². The van der Waals surface area contributed by atoms with E-state index in [-0.39, 0.29) is 6.10 Å². The molecule has 2 aromatic carbocycles. The summed E-state index contributed by atoms with van der Waals surface area (Å²) < 4.78 is 11.0. The van der Waals surface area contributed by atoms with Gasteiger partial charge in [-0.15, -0.1) is 0 Å². The molecule has 26 heavy (non-hydrogen) atoms. The van der Waals surface area contributed by atoms with E-state index in [1.54, 1.807) is 7.11 Å². The monoisotopic (exact) mass is 350 g/mol. The summed E-state index contributed by atoms with van der Waals surface area (Å²) in [5.74, 6) is 2.15. The Kier molecular flexibility index (Phi) is 4.84. The van der Waals surface area contributed by atoms with Crippen molar-refractivity contribution in [3.63, 3.8) is 0 Å². The molecule has 6 heteroatoms. The van der Waals surface area contributed by atoms with Crippen LogP contribution in [0.5, 0.6) is 5.75 Å². The smallest absolute Gasteiger partial charge is 0.229 e. The third-order valence-corrected chi connectivity index (χ3v) is 4.45. The van der Waals surface area contributed by atoms with Crippen LogP contribution in [0.3, 0.4) is 0 Å². The van der Waals surface area contributed by atoms with Crippen molar-refractivity contribution < 1.29 is 9.47 Å². The molecule has 0 unspecified atom stereocenters. The molecular formula is C20H22N4O2. The lowest BCUT2D eigenvalue weighted by Gasteiger charge is -2.14. The molecule has 1 atom stereocenters. The number of nitrogens with zero attached hydrogens (tertiary/aromatic N) is 2. The normalized spacial score (nSPS) is 16.6. The fourth-order valence-corrected chi connectivity index (χ4v) is 3.11. The first-order chi connectivity index (χ1) is 12.8. The van der Waals surface area contributed by atoms with Crippen LogP contribution in [0.15, 0.2) is 48.5 Å². The number of para-hydroxylation sites is 1. The largest absolute Gasteiger partial charge is 0.497 e. The van der Waals surface area contributed by atoms with Crippen molar-refractivity contribution in [2.45, 2.75) is 18.9 Å². The van der Waals surface area contributed by atoms with Gasteiger partial charge in [-0.1, -0.05) is 18.2 Å². The number of ether oxygens (including phenoxy) is 2. The summed E-state index contributed by atoms with van der Waals surface area (Å²) in [6.07, 6.45) is 2.46. The van der Waals surface area contributed by atoms with Crippen molar-refractivity contribution in [1.82, 2.24) is 9.97 Å². The van der Waals surface area contributed by atoms with Gasteiger partial charge in [0.1, 0.15) is 11.6 Å². The van der Waals surface area contributed by atoms with E-state index >= 15 is 0 Å². The molecule has 4 rings (SSSR count). The highest BCUT2D eigenvalue weighted by Gasteiger charge is 2.16. The topological polar surface area (TPSA) is 68.3 Å². The number of anilines is 3. The zero-order valence-corrected chi connectivity index (χ0v) is 14.7. The molecule has 0 aliphatic carbocycles. The van der Waals surface area contributed by atoms with Crippen LogP contribution in [0.25, 0.3) is 10.9 Å². The number of rotatable bonds is 6. The summed E-state index contributed by atoms with van der Waals surface area (Å²) in [6, 6.07) is 15.7. The second-order valence-corrected chi connectivity index (χ2v) is 6.29. The first-order valence-corrected chi connectivity index (χ1v) is 8.85. The summed E-state index contributed by atoms with van der Waals surface area (Å²) >= 11 is 0. The number of aromatic nitrogens is 2. The zero-order valence-electron chi connectivity index (χ0n) is 14.7. The minimum Gasteiger partial charge on any atom is -0.497 e. The number of benzene rings is 2. The molecule has 6 nitrogen and oxygen atoms in total. The molecule has 0 radical (unpaired) electrons. The predicted molar refractivity (Wildman–Crippen MR) is 103 cm³/mol. The van der Waals surface area contributed by atoms with E-state index in [1.807, 2.05) is 48.5 Å². The van der Waals surface area contributed by atoms with Crippen LogP contribution in [0.4, 0.5) is 17.5 Å². The highest BCUT2D eigenvalue weighted by atomic mass is 16.5. The molecule has 2 heterocycles. The Morgan fingerprint density at radius 3 is 2.92 bits per heavy atom. The van der Waals surface area contributed by atoms with Gasteiger partial charge < -0.3 is 20.1 Å². The minimum atomic E-state index is 0.249. The molecule has 0 saturated carbocycles. The Morgan fingerprint density at radius 2 is 2.08 bits per heavy atom. The van der Waals surface area contributed by atoms with Gasteiger partial charge in [-0.05, 0) is 37.1 Å². The molecule has 1 fully saturated rings. The molecule has 1 aromatic heterocycles. The van der Waals surface area contributed by atoms with Crippen LogP contribution >= 0.6 is 0 Å². The van der Waals surface area contributed by atoms with Crippen LogP contribution in [0.2, 0.25) is 0 Å². The van der Waals surface area contributed by atoms with Gasteiger partial charge in [0.05, 0.1) is 18.7 Å². The van der Waals surface area contributed by atoms with Crippen molar-refractivity contribution >= 4 is 28.4 Å². The number of methoxy groups -OCH3 is 1. The lowest BCUT2D eigenvalue weighted by molar-refractivity contribution is 0.120. The number of hydrogen-bond acceptors (Lipinski definition) is 6. The van der Waals surface area contributed by atoms with Crippen LogP contribution < -0.4 is 15.4 Å². The van der Waals surface area contributed by atoms with Crippen molar-refractivity contribution in [1.29, 1.82) is 0 Å². The number of nitrogens with one attached hydrogen (secondary N) is 2. The van der Waals surface area contributed by atoms with Gasteiger partial charge in [-0.25, -0.2) is 4.98 Å². The third-order valence-electron chi connectivity index (χ3n) is 4.45. The predicted octanol–water partition coefficient (Wildman–Crippen LogP) is 3.97. The molecule has 134 valence electrons. The van der Waals surface area contributed by atoms with Gasteiger partial charge in [0.25, 0.3) is 0 Å². The summed E-state index contributed by atoms with van der Waals surface area (Å²) in [5, 5.41) is 7.70. The first kappa shape index (κ1) is 16.6. The van der Waals surface area contributed by atoms with Gasteiger partial charge in [0, 0.05) is 30.3 Å². The third kappa shape index (κ3) is 3.70. The fourth-order valence-electron chi connectivity index (χ4n) is 3.11. The molecule has 1 aliphatic heterocycles. The van der Waals surface area contributed by atoms with E-state index in [4.69, 9.17) is 9.47 Å². The second-order valence-electron chi connectivity index (χ2n) is 6.29. The van der Waals surface area contributed by atoms with Crippen molar-refractivity contribution in [3.8, 4) is 5.75 Å². The van der Waals surface area contributed by atoms with Crippen molar-refractivity contribution in [3.05, 3.63) is 48.5 Å². The lowest BCUT2D eigenvalue weighted by atomic mass is 10.2. The molecule has 0 spiro atoms. The van der Waals surface area contributed by atoms with Gasteiger partial charge in [-0.3, -0.25) is 0 Å². The van der Waals surface area contributed by atoms with E-state index in [0.29, 0.717) is 5.95 Å². The molecule has 2 N–H and O–H groups in total. The quantitative estimate of drug-likeness (QED) is 0.701. The lowest BCUT2D eigenvalue weighted by Crippen LogP contribution is -2.19. The Balaban J connectivity index is 1.61.